The number of nitrogens with one attached hydrogen (secondary N) is 1. The van der Waals surface area contributed by atoms with Crippen molar-refractivity contribution in [2.24, 2.45) is 0 Å². The molecule has 2 N–H and O–H groups in total. The molecule has 3 nitrogen and oxygen atoms in total. The zero-order valence-electron chi connectivity index (χ0n) is 7.71. The molecule has 0 aliphatic heterocycles. The lowest BCUT2D eigenvalue weighted by atomic mass is 10.2. The second-order valence-electron chi connectivity index (χ2n) is 2.83. The Balaban J connectivity index is 3.13. The normalized spacial score (nSPS) is 12.4. The van der Waals surface area contributed by atoms with Crippen LogP contribution in [0, 0.1) is 11.3 Å². The van der Waals surface area contributed by atoms with Gasteiger partial charge in [-0.1, -0.05) is 6.92 Å². The molecule has 0 aromatic heterocycles. The molecule has 0 bridgehead atoms. The van der Waals surface area contributed by atoms with E-state index in [9.17, 15) is 0 Å². The SMILES string of the molecule is CCC(C#N)NCCCCCO. The number of unbranched alkanes of at least 4 members (excludes halogenated alkanes) is 2. The predicted molar refractivity (Wildman–Crippen MR) is 48.6 cm³/mol. The van der Waals surface area contributed by atoms with Crippen molar-refractivity contribution < 1.29 is 5.11 Å². The first kappa shape index (κ1) is 11.4. The average Bonchev–Trinajstić information content (AvgIpc) is 2.11. The number of aliphatic hydroxyl groups is 1. The van der Waals surface area contributed by atoms with Crippen LogP contribution >= 0.6 is 0 Å². The molecule has 0 radical (unpaired) electrons. The molecule has 0 saturated carbocycles. The summed E-state index contributed by atoms with van der Waals surface area (Å²) in [6.07, 6.45) is 3.80. The molecule has 0 saturated heterocycles. The first-order chi connectivity index (χ1) is 5.85. The molecular formula is C9H18N2O. The number of hydrogen-bond acceptors (Lipinski definition) is 3. The minimum absolute atomic E-state index is 0.000809. The molecule has 1 atom stereocenters. The van der Waals surface area contributed by atoms with Gasteiger partial charge in [-0.15, -0.1) is 0 Å². The summed E-state index contributed by atoms with van der Waals surface area (Å²) in [6.45, 7) is 3.15. The van der Waals surface area contributed by atoms with E-state index in [1.54, 1.807) is 0 Å². The number of nitrogens with zero attached hydrogens (tertiary/aromatic N) is 1. The van der Waals surface area contributed by atoms with Gasteiger partial charge in [0.25, 0.3) is 0 Å². The van der Waals surface area contributed by atoms with Crippen LogP contribution in [0.25, 0.3) is 0 Å². The number of aliphatic hydroxyl groups excluding tert-OH is 1. The highest BCUT2D eigenvalue weighted by Gasteiger charge is 2.00. The topological polar surface area (TPSA) is 56.0 Å². The van der Waals surface area contributed by atoms with Crippen molar-refractivity contribution in [2.75, 3.05) is 13.2 Å². The standard InChI is InChI=1S/C9H18N2O/c1-2-9(8-10)11-6-4-3-5-7-12/h9,11-12H,2-7H2,1H3. The van der Waals surface area contributed by atoms with Gasteiger partial charge in [0.2, 0.25) is 0 Å². The van der Waals surface area contributed by atoms with E-state index < -0.39 is 0 Å². The van der Waals surface area contributed by atoms with Crippen LogP contribution in [0.15, 0.2) is 0 Å². The molecule has 3 heteroatoms. The lowest BCUT2D eigenvalue weighted by Crippen LogP contribution is -2.27. The van der Waals surface area contributed by atoms with Gasteiger partial charge in [-0.05, 0) is 32.2 Å². The molecule has 1 unspecified atom stereocenters. The van der Waals surface area contributed by atoms with Crippen molar-refractivity contribution in [3.63, 3.8) is 0 Å². The Labute approximate surface area is 74.4 Å². The molecule has 0 aromatic carbocycles. The summed E-state index contributed by atoms with van der Waals surface area (Å²) in [5.41, 5.74) is 0. The summed E-state index contributed by atoms with van der Waals surface area (Å²) in [4.78, 5) is 0. The Morgan fingerprint density at radius 2 is 2.17 bits per heavy atom. The predicted octanol–water partition coefficient (Wildman–Crippen LogP) is 1.04. The van der Waals surface area contributed by atoms with Gasteiger partial charge in [0.1, 0.15) is 0 Å². The van der Waals surface area contributed by atoms with Crippen LogP contribution in [0.3, 0.4) is 0 Å². The minimum atomic E-state index is -0.000809. The van der Waals surface area contributed by atoms with E-state index in [0.29, 0.717) is 0 Å². The molecule has 0 aliphatic carbocycles. The molecule has 0 spiro atoms. The number of rotatable bonds is 7. The Hall–Kier alpha value is -0.590. The van der Waals surface area contributed by atoms with Crippen LogP contribution < -0.4 is 5.32 Å². The second-order valence-corrected chi connectivity index (χ2v) is 2.83. The third-order valence-electron chi connectivity index (χ3n) is 1.79. The molecule has 0 aromatic rings. The maximum absolute atomic E-state index is 8.58. The van der Waals surface area contributed by atoms with Gasteiger partial charge in [0.05, 0.1) is 12.1 Å². The molecule has 0 rings (SSSR count). The molecule has 0 amide bonds. The number of hydrogen-bond donors (Lipinski definition) is 2. The van der Waals surface area contributed by atoms with Gasteiger partial charge < -0.3 is 10.4 Å². The fraction of sp³-hybridized carbons (Fsp3) is 0.889. The maximum Gasteiger partial charge on any atom is 0.0950 e. The monoisotopic (exact) mass is 170 g/mol. The molecule has 70 valence electrons. The van der Waals surface area contributed by atoms with E-state index in [1.807, 2.05) is 6.92 Å². The molecular weight excluding hydrogens is 152 g/mol. The average molecular weight is 170 g/mol. The summed E-state index contributed by atoms with van der Waals surface area (Å²) >= 11 is 0. The highest BCUT2D eigenvalue weighted by Crippen LogP contribution is 1.94. The van der Waals surface area contributed by atoms with Gasteiger partial charge in [0, 0.05) is 6.61 Å². The zero-order valence-corrected chi connectivity index (χ0v) is 7.71. The lowest BCUT2D eigenvalue weighted by molar-refractivity contribution is 0.282. The highest BCUT2D eigenvalue weighted by molar-refractivity contribution is 4.87. The quantitative estimate of drug-likeness (QED) is 0.561. The maximum atomic E-state index is 8.58. The summed E-state index contributed by atoms with van der Waals surface area (Å²) in [5, 5.41) is 20.2. The summed E-state index contributed by atoms with van der Waals surface area (Å²) < 4.78 is 0. The van der Waals surface area contributed by atoms with Crippen molar-refractivity contribution in [1.29, 1.82) is 5.26 Å². The van der Waals surface area contributed by atoms with Crippen LogP contribution in [0.5, 0.6) is 0 Å². The van der Waals surface area contributed by atoms with E-state index in [4.69, 9.17) is 10.4 Å². The molecule has 0 fully saturated rings. The van der Waals surface area contributed by atoms with Gasteiger partial charge in [-0.2, -0.15) is 5.26 Å². The Morgan fingerprint density at radius 1 is 1.42 bits per heavy atom. The Morgan fingerprint density at radius 3 is 2.67 bits per heavy atom. The second kappa shape index (κ2) is 8.51. The third kappa shape index (κ3) is 6.14. The largest absolute Gasteiger partial charge is 0.396 e. The smallest absolute Gasteiger partial charge is 0.0950 e. The summed E-state index contributed by atoms with van der Waals surface area (Å²) in [6, 6.07) is 2.18. The highest BCUT2D eigenvalue weighted by atomic mass is 16.2. The van der Waals surface area contributed by atoms with Crippen LogP contribution in [0.2, 0.25) is 0 Å². The summed E-state index contributed by atoms with van der Waals surface area (Å²) in [7, 11) is 0. The van der Waals surface area contributed by atoms with E-state index in [1.165, 1.54) is 0 Å². The van der Waals surface area contributed by atoms with E-state index in [0.717, 1.165) is 32.2 Å². The van der Waals surface area contributed by atoms with E-state index >= 15 is 0 Å². The van der Waals surface area contributed by atoms with Gasteiger partial charge in [0.15, 0.2) is 0 Å². The molecule has 0 aliphatic rings. The summed E-state index contributed by atoms with van der Waals surface area (Å²) in [5.74, 6) is 0. The molecule has 12 heavy (non-hydrogen) atoms. The first-order valence-corrected chi connectivity index (χ1v) is 4.59. The Kier molecular flexibility index (Phi) is 8.09. The van der Waals surface area contributed by atoms with Crippen molar-refractivity contribution in [1.82, 2.24) is 5.32 Å². The van der Waals surface area contributed by atoms with E-state index in [-0.39, 0.29) is 12.6 Å². The number of nitriles is 1. The van der Waals surface area contributed by atoms with E-state index in [2.05, 4.69) is 11.4 Å². The van der Waals surface area contributed by atoms with Gasteiger partial charge >= 0.3 is 0 Å². The molecule has 0 heterocycles. The van der Waals surface area contributed by atoms with Crippen LogP contribution in [-0.2, 0) is 0 Å². The fourth-order valence-electron chi connectivity index (χ4n) is 0.971. The van der Waals surface area contributed by atoms with Gasteiger partial charge in [-0.3, -0.25) is 0 Å². The lowest BCUT2D eigenvalue weighted by Gasteiger charge is -2.07. The van der Waals surface area contributed by atoms with Gasteiger partial charge in [-0.25, -0.2) is 0 Å². The van der Waals surface area contributed by atoms with Crippen molar-refractivity contribution in [3.8, 4) is 6.07 Å². The van der Waals surface area contributed by atoms with Crippen molar-refractivity contribution >= 4 is 0 Å². The van der Waals surface area contributed by atoms with Crippen molar-refractivity contribution in [3.05, 3.63) is 0 Å². The fourth-order valence-corrected chi connectivity index (χ4v) is 0.971. The van der Waals surface area contributed by atoms with Crippen LogP contribution in [0.4, 0.5) is 0 Å². The zero-order chi connectivity index (χ0) is 9.23. The third-order valence-corrected chi connectivity index (χ3v) is 1.79. The van der Waals surface area contributed by atoms with Crippen LogP contribution in [0.1, 0.15) is 32.6 Å². The minimum Gasteiger partial charge on any atom is -0.396 e. The van der Waals surface area contributed by atoms with Crippen molar-refractivity contribution in [2.45, 2.75) is 38.6 Å². The Bertz CT molecular complexity index is 131. The van der Waals surface area contributed by atoms with Crippen LogP contribution in [-0.4, -0.2) is 24.3 Å². The first-order valence-electron chi connectivity index (χ1n) is 4.59.